The fraction of sp³-hybridized carbons (Fsp3) is 0.227. The van der Waals surface area contributed by atoms with Gasteiger partial charge < -0.3 is 19.5 Å². The summed E-state index contributed by atoms with van der Waals surface area (Å²) >= 11 is 0. The van der Waals surface area contributed by atoms with Crippen molar-refractivity contribution in [2.75, 3.05) is 33.9 Å². The van der Waals surface area contributed by atoms with Crippen LogP contribution in [0, 0.1) is 0 Å². The SMILES string of the molecule is C=CCOc1ccc(/C=C/C(=O)NCCNS(=O)(=O)c2ccc(OC)cc2)cc1OC. The zero-order valence-electron chi connectivity index (χ0n) is 17.5. The quantitative estimate of drug-likeness (QED) is 0.295. The molecule has 0 aliphatic heterocycles. The molecule has 0 bridgehead atoms. The number of amides is 1. The normalized spacial score (nSPS) is 11.2. The number of hydrogen-bond donors (Lipinski definition) is 2. The maximum absolute atomic E-state index is 12.2. The fourth-order valence-corrected chi connectivity index (χ4v) is 3.53. The van der Waals surface area contributed by atoms with Gasteiger partial charge in [0.1, 0.15) is 12.4 Å². The summed E-state index contributed by atoms with van der Waals surface area (Å²) in [6.45, 7) is 4.14. The summed E-state index contributed by atoms with van der Waals surface area (Å²) in [5, 5.41) is 2.62. The van der Waals surface area contributed by atoms with Gasteiger partial charge in [0.05, 0.1) is 19.1 Å². The van der Waals surface area contributed by atoms with Crippen LogP contribution in [0.2, 0.25) is 0 Å². The molecule has 0 atom stereocenters. The molecule has 8 nitrogen and oxygen atoms in total. The van der Waals surface area contributed by atoms with Crippen LogP contribution in [0.4, 0.5) is 0 Å². The lowest BCUT2D eigenvalue weighted by Gasteiger charge is -2.09. The number of carbonyl (C=O) groups is 1. The van der Waals surface area contributed by atoms with Crippen LogP contribution in [0.15, 0.2) is 66.1 Å². The Morgan fingerprint density at radius 1 is 1.03 bits per heavy atom. The Labute approximate surface area is 182 Å². The van der Waals surface area contributed by atoms with E-state index in [9.17, 15) is 13.2 Å². The Bertz CT molecular complexity index is 1020. The highest BCUT2D eigenvalue weighted by Gasteiger charge is 2.13. The molecule has 2 aromatic rings. The van der Waals surface area contributed by atoms with Crippen molar-refractivity contribution in [3.8, 4) is 17.2 Å². The Kier molecular flexibility index (Phi) is 9.11. The number of rotatable bonds is 12. The predicted octanol–water partition coefficient (Wildman–Crippen LogP) is 2.38. The van der Waals surface area contributed by atoms with Crippen LogP contribution in [-0.4, -0.2) is 48.2 Å². The summed E-state index contributed by atoms with van der Waals surface area (Å²) in [5.41, 5.74) is 0.748. The second-order valence-corrected chi connectivity index (χ2v) is 7.97. The molecule has 166 valence electrons. The predicted molar refractivity (Wildman–Crippen MR) is 119 cm³/mol. The molecule has 9 heteroatoms. The van der Waals surface area contributed by atoms with Gasteiger partial charge in [-0.05, 0) is 48.0 Å². The Morgan fingerprint density at radius 3 is 2.42 bits per heavy atom. The molecule has 2 rings (SSSR count). The van der Waals surface area contributed by atoms with Crippen LogP contribution in [0.25, 0.3) is 6.08 Å². The molecule has 2 aromatic carbocycles. The van der Waals surface area contributed by atoms with Gasteiger partial charge in [0.2, 0.25) is 15.9 Å². The van der Waals surface area contributed by atoms with Gasteiger partial charge in [-0.3, -0.25) is 4.79 Å². The van der Waals surface area contributed by atoms with Crippen molar-refractivity contribution in [3.63, 3.8) is 0 Å². The van der Waals surface area contributed by atoms with E-state index in [0.29, 0.717) is 23.9 Å². The van der Waals surface area contributed by atoms with E-state index < -0.39 is 10.0 Å². The van der Waals surface area contributed by atoms with Crippen LogP contribution >= 0.6 is 0 Å². The average molecular weight is 447 g/mol. The maximum Gasteiger partial charge on any atom is 0.244 e. The van der Waals surface area contributed by atoms with Crippen molar-refractivity contribution in [2.45, 2.75) is 4.90 Å². The molecule has 0 unspecified atom stereocenters. The van der Waals surface area contributed by atoms with Crippen LogP contribution in [-0.2, 0) is 14.8 Å². The average Bonchev–Trinajstić information content (AvgIpc) is 2.79. The number of carbonyl (C=O) groups excluding carboxylic acids is 1. The molecule has 0 spiro atoms. The molecule has 0 aliphatic carbocycles. The van der Waals surface area contributed by atoms with Gasteiger partial charge in [-0.25, -0.2) is 13.1 Å². The second-order valence-electron chi connectivity index (χ2n) is 6.21. The van der Waals surface area contributed by atoms with Crippen LogP contribution in [0.3, 0.4) is 0 Å². The molecule has 1 amide bonds. The van der Waals surface area contributed by atoms with Crippen LogP contribution in [0.1, 0.15) is 5.56 Å². The molecule has 0 saturated carbocycles. The molecule has 0 heterocycles. The number of hydrogen-bond acceptors (Lipinski definition) is 6. The summed E-state index contributed by atoms with van der Waals surface area (Å²) in [4.78, 5) is 12.1. The monoisotopic (exact) mass is 446 g/mol. The number of methoxy groups -OCH3 is 2. The number of nitrogens with one attached hydrogen (secondary N) is 2. The lowest BCUT2D eigenvalue weighted by atomic mass is 10.2. The van der Waals surface area contributed by atoms with E-state index in [4.69, 9.17) is 14.2 Å². The van der Waals surface area contributed by atoms with Crippen molar-refractivity contribution in [1.82, 2.24) is 10.0 Å². The topological polar surface area (TPSA) is 103 Å². The Balaban J connectivity index is 1.83. The number of sulfonamides is 1. The molecule has 0 saturated heterocycles. The molecule has 0 aliphatic rings. The van der Waals surface area contributed by atoms with Crippen molar-refractivity contribution in [2.24, 2.45) is 0 Å². The highest BCUT2D eigenvalue weighted by atomic mass is 32.2. The maximum atomic E-state index is 12.2. The minimum absolute atomic E-state index is 0.0527. The lowest BCUT2D eigenvalue weighted by Crippen LogP contribution is -2.34. The van der Waals surface area contributed by atoms with Gasteiger partial charge in [0.15, 0.2) is 11.5 Å². The minimum Gasteiger partial charge on any atom is -0.497 e. The third kappa shape index (κ3) is 7.47. The minimum atomic E-state index is -3.66. The Hall–Kier alpha value is -3.30. The smallest absolute Gasteiger partial charge is 0.244 e. The highest BCUT2D eigenvalue weighted by molar-refractivity contribution is 7.89. The first-order valence-corrected chi connectivity index (χ1v) is 10.9. The standard InChI is InChI=1S/C22H26N2O6S/c1-4-15-30-20-11-5-17(16-21(20)29-3)6-12-22(25)23-13-14-24-31(26,27)19-9-7-18(28-2)8-10-19/h4-12,16,24H,1,13-15H2,2-3H3,(H,23,25)/b12-6+. The molecular formula is C22H26N2O6S. The lowest BCUT2D eigenvalue weighted by molar-refractivity contribution is -0.116. The van der Waals surface area contributed by atoms with E-state index in [2.05, 4.69) is 16.6 Å². The van der Waals surface area contributed by atoms with E-state index in [1.54, 1.807) is 42.5 Å². The summed E-state index contributed by atoms with van der Waals surface area (Å²) < 4.78 is 42.7. The van der Waals surface area contributed by atoms with E-state index in [-0.39, 0.29) is 23.9 Å². The number of ether oxygens (including phenoxy) is 3. The van der Waals surface area contributed by atoms with Crippen molar-refractivity contribution < 1.29 is 27.4 Å². The molecule has 31 heavy (non-hydrogen) atoms. The summed E-state index contributed by atoms with van der Waals surface area (Å²) in [6, 6.07) is 11.3. The van der Waals surface area contributed by atoms with Crippen molar-refractivity contribution >= 4 is 22.0 Å². The fourth-order valence-electron chi connectivity index (χ4n) is 2.50. The second kappa shape index (κ2) is 11.8. The summed E-state index contributed by atoms with van der Waals surface area (Å²) in [6.07, 6.45) is 4.61. The third-order valence-electron chi connectivity index (χ3n) is 4.06. The summed E-state index contributed by atoms with van der Waals surface area (Å²) in [5.74, 6) is 1.33. The first kappa shape index (κ1) is 24.0. The van der Waals surface area contributed by atoms with Gasteiger partial charge in [0, 0.05) is 19.2 Å². The van der Waals surface area contributed by atoms with Crippen LogP contribution < -0.4 is 24.2 Å². The molecule has 2 N–H and O–H groups in total. The molecular weight excluding hydrogens is 420 g/mol. The summed E-state index contributed by atoms with van der Waals surface area (Å²) in [7, 11) is -0.630. The van der Waals surface area contributed by atoms with Gasteiger partial charge in [0.25, 0.3) is 0 Å². The molecule has 0 radical (unpaired) electrons. The van der Waals surface area contributed by atoms with E-state index in [1.165, 1.54) is 32.4 Å². The van der Waals surface area contributed by atoms with E-state index in [1.807, 2.05) is 0 Å². The Morgan fingerprint density at radius 2 is 1.77 bits per heavy atom. The van der Waals surface area contributed by atoms with E-state index >= 15 is 0 Å². The van der Waals surface area contributed by atoms with Gasteiger partial charge in [-0.15, -0.1) is 0 Å². The highest BCUT2D eigenvalue weighted by Crippen LogP contribution is 2.28. The van der Waals surface area contributed by atoms with Crippen molar-refractivity contribution in [3.05, 3.63) is 66.8 Å². The van der Waals surface area contributed by atoms with Crippen LogP contribution in [0.5, 0.6) is 17.2 Å². The van der Waals surface area contributed by atoms with Crippen molar-refractivity contribution in [1.29, 1.82) is 0 Å². The zero-order chi connectivity index (χ0) is 22.7. The van der Waals surface area contributed by atoms with Gasteiger partial charge >= 0.3 is 0 Å². The zero-order valence-corrected chi connectivity index (χ0v) is 18.3. The molecule has 0 fully saturated rings. The molecule has 0 aromatic heterocycles. The van der Waals surface area contributed by atoms with E-state index in [0.717, 1.165) is 5.56 Å². The number of benzene rings is 2. The first-order chi connectivity index (χ1) is 14.9. The van der Waals surface area contributed by atoms with Gasteiger partial charge in [-0.2, -0.15) is 0 Å². The largest absolute Gasteiger partial charge is 0.497 e. The third-order valence-corrected chi connectivity index (χ3v) is 5.53. The van der Waals surface area contributed by atoms with Gasteiger partial charge in [-0.1, -0.05) is 18.7 Å². The first-order valence-electron chi connectivity index (χ1n) is 9.41.